The zero-order valence-corrected chi connectivity index (χ0v) is 16.0. The molecule has 0 aliphatic rings. The van der Waals surface area contributed by atoms with Crippen LogP contribution in [0.15, 0.2) is 82.3 Å². The zero-order valence-electron chi connectivity index (χ0n) is 14.5. The van der Waals surface area contributed by atoms with Crippen LogP contribution >= 0.6 is 23.2 Å². The van der Waals surface area contributed by atoms with Gasteiger partial charge in [0.2, 0.25) is 0 Å². The Labute approximate surface area is 171 Å². The molecule has 1 heterocycles. The van der Waals surface area contributed by atoms with Crippen LogP contribution in [-0.4, -0.2) is 12.1 Å². The van der Waals surface area contributed by atoms with Crippen LogP contribution in [0.1, 0.15) is 16.1 Å². The molecule has 0 aliphatic carbocycles. The normalized spacial score (nSPS) is 11.2. The van der Waals surface area contributed by atoms with Crippen LogP contribution in [0.25, 0.3) is 22.1 Å². The van der Waals surface area contributed by atoms with Gasteiger partial charge in [0.05, 0.1) is 11.2 Å². The second kappa shape index (κ2) is 7.89. The van der Waals surface area contributed by atoms with Crippen LogP contribution in [0, 0.1) is 0 Å². The molecule has 28 heavy (non-hydrogen) atoms. The van der Waals surface area contributed by atoms with E-state index in [4.69, 9.17) is 27.6 Å². The molecule has 6 heteroatoms. The first-order valence-corrected chi connectivity index (χ1v) is 9.24. The number of hydrazone groups is 1. The summed E-state index contributed by atoms with van der Waals surface area (Å²) in [5.74, 6) is 0.781. The monoisotopic (exact) mass is 408 g/mol. The van der Waals surface area contributed by atoms with Crippen molar-refractivity contribution in [1.29, 1.82) is 0 Å². The molecule has 1 N–H and O–H groups in total. The minimum atomic E-state index is -0.291. The number of fused-ring (bicyclic) bond motifs is 1. The summed E-state index contributed by atoms with van der Waals surface area (Å²) in [5, 5.41) is 6.91. The molecule has 4 nitrogen and oxygen atoms in total. The number of carbonyl (C=O) groups excluding carboxylic acids is 1. The second-order valence-corrected chi connectivity index (χ2v) is 6.90. The van der Waals surface area contributed by atoms with Gasteiger partial charge in [-0.25, -0.2) is 5.43 Å². The highest BCUT2D eigenvalue weighted by Gasteiger charge is 2.10. The standard InChI is InChI=1S/C22H14Cl2N2O2/c23-15-8-10-19(20(24)12-15)21-11-9-16(28-21)13-25-26-22(27)18-7-3-5-14-4-1-2-6-17(14)18/h1-13H,(H,26,27)/b25-13-. The van der Waals surface area contributed by atoms with Crippen molar-refractivity contribution in [3.8, 4) is 11.3 Å². The van der Waals surface area contributed by atoms with Crippen LogP contribution in [0.4, 0.5) is 0 Å². The summed E-state index contributed by atoms with van der Waals surface area (Å²) in [6, 6.07) is 22.0. The van der Waals surface area contributed by atoms with Crippen LogP contribution in [0.3, 0.4) is 0 Å². The number of nitrogens with one attached hydrogen (secondary N) is 1. The zero-order chi connectivity index (χ0) is 19.5. The molecule has 0 bridgehead atoms. The van der Waals surface area contributed by atoms with Gasteiger partial charge < -0.3 is 4.42 Å². The van der Waals surface area contributed by atoms with Crippen LogP contribution in [0.5, 0.6) is 0 Å². The lowest BCUT2D eigenvalue weighted by Gasteiger charge is -2.04. The minimum absolute atomic E-state index is 0.291. The summed E-state index contributed by atoms with van der Waals surface area (Å²) in [7, 11) is 0. The van der Waals surface area contributed by atoms with Gasteiger partial charge in [0, 0.05) is 16.1 Å². The maximum atomic E-state index is 12.5. The third-order valence-corrected chi connectivity index (χ3v) is 4.76. The average Bonchev–Trinajstić information content (AvgIpc) is 3.16. The molecule has 0 unspecified atom stereocenters. The quantitative estimate of drug-likeness (QED) is 0.324. The SMILES string of the molecule is O=C(N/N=C\c1ccc(-c2ccc(Cl)cc2Cl)o1)c1cccc2ccccc12. The lowest BCUT2D eigenvalue weighted by molar-refractivity contribution is 0.0957. The fraction of sp³-hybridized carbons (Fsp3) is 0. The van der Waals surface area contributed by atoms with E-state index in [1.165, 1.54) is 6.21 Å². The van der Waals surface area contributed by atoms with Gasteiger partial charge in [-0.05, 0) is 47.2 Å². The summed E-state index contributed by atoms with van der Waals surface area (Å²) in [4.78, 5) is 12.5. The third kappa shape index (κ3) is 3.79. The molecule has 4 aromatic rings. The minimum Gasteiger partial charge on any atom is -0.455 e. The first kappa shape index (κ1) is 18.3. The van der Waals surface area contributed by atoms with Crippen molar-refractivity contribution >= 4 is 46.1 Å². The van der Waals surface area contributed by atoms with Crippen molar-refractivity contribution in [2.75, 3.05) is 0 Å². The molecule has 0 radical (unpaired) electrons. The van der Waals surface area contributed by atoms with Crippen molar-refractivity contribution < 1.29 is 9.21 Å². The number of hydrogen-bond acceptors (Lipinski definition) is 3. The van der Waals surface area contributed by atoms with E-state index in [2.05, 4.69) is 10.5 Å². The molecule has 0 saturated carbocycles. The largest absolute Gasteiger partial charge is 0.455 e. The molecule has 0 saturated heterocycles. The van der Waals surface area contributed by atoms with E-state index >= 15 is 0 Å². The molecule has 1 amide bonds. The Kier molecular flexibility index (Phi) is 5.15. The van der Waals surface area contributed by atoms with Gasteiger partial charge in [-0.2, -0.15) is 5.10 Å². The summed E-state index contributed by atoms with van der Waals surface area (Å²) in [6.07, 6.45) is 1.44. The predicted octanol–water partition coefficient (Wildman–Crippen LogP) is 6.17. The van der Waals surface area contributed by atoms with E-state index in [-0.39, 0.29) is 5.91 Å². The van der Waals surface area contributed by atoms with Gasteiger partial charge in [-0.3, -0.25) is 4.79 Å². The predicted molar refractivity (Wildman–Crippen MR) is 113 cm³/mol. The van der Waals surface area contributed by atoms with Gasteiger partial charge >= 0.3 is 0 Å². The molecule has 3 aromatic carbocycles. The fourth-order valence-electron chi connectivity index (χ4n) is 2.89. The van der Waals surface area contributed by atoms with E-state index in [0.29, 0.717) is 27.1 Å². The molecule has 0 atom stereocenters. The summed E-state index contributed by atoms with van der Waals surface area (Å²) in [5.41, 5.74) is 3.82. The van der Waals surface area contributed by atoms with Crippen LogP contribution in [0.2, 0.25) is 10.0 Å². The molecule has 138 valence electrons. The summed E-state index contributed by atoms with van der Waals surface area (Å²) < 4.78 is 5.72. The summed E-state index contributed by atoms with van der Waals surface area (Å²) in [6.45, 7) is 0. The maximum absolute atomic E-state index is 12.5. The van der Waals surface area contributed by atoms with Gasteiger partial charge in [-0.15, -0.1) is 0 Å². The number of carbonyl (C=O) groups is 1. The Hall–Kier alpha value is -3.08. The first-order chi connectivity index (χ1) is 13.6. The molecular formula is C22H14Cl2N2O2. The smallest absolute Gasteiger partial charge is 0.271 e. The van der Waals surface area contributed by atoms with Crippen molar-refractivity contribution in [2.24, 2.45) is 5.10 Å². The van der Waals surface area contributed by atoms with E-state index < -0.39 is 0 Å². The van der Waals surface area contributed by atoms with Gasteiger partial charge in [0.15, 0.2) is 0 Å². The topological polar surface area (TPSA) is 54.6 Å². The van der Waals surface area contributed by atoms with E-state index in [1.54, 1.807) is 36.4 Å². The van der Waals surface area contributed by atoms with Crippen molar-refractivity contribution in [1.82, 2.24) is 5.43 Å². The number of benzene rings is 3. The number of hydrogen-bond donors (Lipinski definition) is 1. The molecule has 0 fully saturated rings. The van der Waals surface area contributed by atoms with Gasteiger partial charge in [0.25, 0.3) is 5.91 Å². The second-order valence-electron chi connectivity index (χ2n) is 6.05. The van der Waals surface area contributed by atoms with Crippen molar-refractivity contribution in [3.63, 3.8) is 0 Å². The highest BCUT2D eigenvalue weighted by Crippen LogP contribution is 2.31. The Morgan fingerprint density at radius 2 is 1.79 bits per heavy atom. The van der Waals surface area contributed by atoms with Crippen LogP contribution in [-0.2, 0) is 0 Å². The van der Waals surface area contributed by atoms with Crippen molar-refractivity contribution in [2.45, 2.75) is 0 Å². The van der Waals surface area contributed by atoms with Gasteiger partial charge in [0.1, 0.15) is 11.5 Å². The molecule has 0 aliphatic heterocycles. The number of amides is 1. The maximum Gasteiger partial charge on any atom is 0.271 e. The molecule has 1 aromatic heterocycles. The lowest BCUT2D eigenvalue weighted by atomic mass is 10.0. The highest BCUT2D eigenvalue weighted by molar-refractivity contribution is 6.36. The Morgan fingerprint density at radius 1 is 0.964 bits per heavy atom. The molecule has 4 rings (SSSR count). The number of rotatable bonds is 4. The molecule has 0 spiro atoms. The summed E-state index contributed by atoms with van der Waals surface area (Å²) >= 11 is 12.1. The van der Waals surface area contributed by atoms with E-state index in [0.717, 1.165) is 16.3 Å². The van der Waals surface area contributed by atoms with Crippen LogP contribution < -0.4 is 5.43 Å². The Bertz CT molecular complexity index is 1190. The number of nitrogens with zero attached hydrogens (tertiary/aromatic N) is 1. The Balaban J connectivity index is 1.49. The third-order valence-electron chi connectivity index (χ3n) is 4.22. The first-order valence-electron chi connectivity index (χ1n) is 8.48. The number of halogens is 2. The van der Waals surface area contributed by atoms with E-state index in [9.17, 15) is 4.79 Å². The number of furan rings is 1. The van der Waals surface area contributed by atoms with E-state index in [1.807, 2.05) is 36.4 Å². The Morgan fingerprint density at radius 3 is 2.64 bits per heavy atom. The highest BCUT2D eigenvalue weighted by atomic mass is 35.5. The fourth-order valence-corrected chi connectivity index (χ4v) is 3.40. The lowest BCUT2D eigenvalue weighted by Crippen LogP contribution is -2.17. The van der Waals surface area contributed by atoms with Gasteiger partial charge in [-0.1, -0.05) is 59.6 Å². The molecular weight excluding hydrogens is 395 g/mol. The van der Waals surface area contributed by atoms with Crippen molar-refractivity contribution in [3.05, 3.63) is 94.2 Å². The average molecular weight is 409 g/mol.